The first kappa shape index (κ1) is 11.0. The standard InChI is InChI=1S/C10H11ClFNO/c1-6-2-3-8(12)9(10(6)13)7(4-11)5-14/h2-3,5,7H,4,13H2,1H3. The van der Waals surface area contributed by atoms with Crippen molar-refractivity contribution >= 4 is 23.6 Å². The molecule has 0 aliphatic rings. The van der Waals surface area contributed by atoms with Crippen molar-refractivity contribution in [3.8, 4) is 0 Å². The summed E-state index contributed by atoms with van der Waals surface area (Å²) in [4.78, 5) is 10.6. The molecule has 0 fully saturated rings. The summed E-state index contributed by atoms with van der Waals surface area (Å²) >= 11 is 5.55. The molecule has 0 aromatic heterocycles. The van der Waals surface area contributed by atoms with E-state index in [0.29, 0.717) is 12.0 Å². The van der Waals surface area contributed by atoms with Crippen LogP contribution in [0.25, 0.3) is 0 Å². The van der Waals surface area contributed by atoms with Gasteiger partial charge in [-0.1, -0.05) is 6.07 Å². The lowest BCUT2D eigenvalue weighted by atomic mass is 9.97. The van der Waals surface area contributed by atoms with Crippen molar-refractivity contribution in [3.05, 3.63) is 29.1 Å². The van der Waals surface area contributed by atoms with Crippen LogP contribution in [0, 0.1) is 12.7 Å². The number of nitrogen functional groups attached to an aromatic ring is 1. The van der Waals surface area contributed by atoms with Gasteiger partial charge in [0, 0.05) is 17.1 Å². The number of halogens is 2. The minimum absolute atomic E-state index is 0.0358. The molecule has 2 N–H and O–H groups in total. The molecular formula is C10H11ClFNO. The topological polar surface area (TPSA) is 43.1 Å². The third-order valence-electron chi connectivity index (χ3n) is 2.15. The van der Waals surface area contributed by atoms with E-state index in [-0.39, 0.29) is 11.4 Å². The smallest absolute Gasteiger partial charge is 0.129 e. The summed E-state index contributed by atoms with van der Waals surface area (Å²) in [5.41, 5.74) is 6.94. The van der Waals surface area contributed by atoms with E-state index in [4.69, 9.17) is 17.3 Å². The maximum absolute atomic E-state index is 13.4. The van der Waals surface area contributed by atoms with Crippen molar-refractivity contribution in [2.45, 2.75) is 12.8 Å². The van der Waals surface area contributed by atoms with Gasteiger partial charge in [0.25, 0.3) is 0 Å². The largest absolute Gasteiger partial charge is 0.398 e. The Labute approximate surface area is 86.9 Å². The highest BCUT2D eigenvalue weighted by molar-refractivity contribution is 6.19. The van der Waals surface area contributed by atoms with E-state index in [0.717, 1.165) is 5.56 Å². The van der Waals surface area contributed by atoms with Gasteiger partial charge in [-0.15, -0.1) is 11.6 Å². The summed E-state index contributed by atoms with van der Waals surface area (Å²) in [6, 6.07) is 2.87. The zero-order chi connectivity index (χ0) is 10.7. The number of hydrogen-bond donors (Lipinski definition) is 1. The number of hydrogen-bond acceptors (Lipinski definition) is 2. The van der Waals surface area contributed by atoms with Crippen LogP contribution < -0.4 is 5.73 Å². The lowest BCUT2D eigenvalue weighted by Gasteiger charge is -2.13. The number of carbonyl (C=O) groups excluding carboxylic acids is 1. The summed E-state index contributed by atoms with van der Waals surface area (Å²) in [5, 5.41) is 0. The molecule has 1 unspecified atom stereocenters. The highest BCUT2D eigenvalue weighted by Gasteiger charge is 2.18. The first-order valence-electron chi connectivity index (χ1n) is 4.17. The molecule has 1 atom stereocenters. The first-order chi connectivity index (χ1) is 6.61. The van der Waals surface area contributed by atoms with Crippen LogP contribution in [0.15, 0.2) is 12.1 Å². The number of benzene rings is 1. The molecule has 0 aliphatic carbocycles. The molecule has 1 aromatic rings. The van der Waals surface area contributed by atoms with Crippen molar-refractivity contribution in [1.29, 1.82) is 0 Å². The van der Waals surface area contributed by atoms with Crippen LogP contribution in [0.5, 0.6) is 0 Å². The van der Waals surface area contributed by atoms with Crippen LogP contribution in [0.4, 0.5) is 10.1 Å². The predicted octanol–water partition coefficient (Wildman–Crippen LogP) is 2.24. The van der Waals surface area contributed by atoms with Gasteiger partial charge in [-0.3, -0.25) is 0 Å². The van der Waals surface area contributed by atoms with Crippen molar-refractivity contribution in [1.82, 2.24) is 0 Å². The van der Waals surface area contributed by atoms with E-state index >= 15 is 0 Å². The zero-order valence-corrected chi connectivity index (χ0v) is 8.51. The Morgan fingerprint density at radius 2 is 2.29 bits per heavy atom. The number of aldehydes is 1. The summed E-state index contributed by atoms with van der Waals surface area (Å²) in [6.07, 6.45) is 0.612. The van der Waals surface area contributed by atoms with E-state index in [9.17, 15) is 9.18 Å². The fraction of sp³-hybridized carbons (Fsp3) is 0.300. The monoisotopic (exact) mass is 215 g/mol. The molecule has 0 heterocycles. The number of anilines is 1. The van der Waals surface area contributed by atoms with Crippen LogP contribution in [0.2, 0.25) is 0 Å². The molecule has 2 nitrogen and oxygen atoms in total. The molecule has 1 rings (SSSR count). The van der Waals surface area contributed by atoms with E-state index in [1.807, 2.05) is 0 Å². The van der Waals surface area contributed by atoms with Crippen molar-refractivity contribution in [2.24, 2.45) is 0 Å². The van der Waals surface area contributed by atoms with E-state index in [1.54, 1.807) is 13.0 Å². The lowest BCUT2D eigenvalue weighted by Crippen LogP contribution is -2.09. The van der Waals surface area contributed by atoms with Gasteiger partial charge in [0.05, 0.1) is 5.92 Å². The maximum atomic E-state index is 13.4. The third-order valence-corrected chi connectivity index (χ3v) is 2.49. The SMILES string of the molecule is Cc1ccc(F)c(C(C=O)CCl)c1N. The van der Waals surface area contributed by atoms with Gasteiger partial charge in [-0.2, -0.15) is 0 Å². The van der Waals surface area contributed by atoms with Crippen molar-refractivity contribution < 1.29 is 9.18 Å². The number of alkyl halides is 1. The van der Waals surface area contributed by atoms with Gasteiger partial charge in [-0.05, 0) is 18.6 Å². The summed E-state index contributed by atoms with van der Waals surface area (Å²) in [7, 11) is 0. The second kappa shape index (κ2) is 4.42. The molecule has 14 heavy (non-hydrogen) atoms. The van der Waals surface area contributed by atoms with Gasteiger partial charge in [0.1, 0.15) is 12.1 Å². The number of aryl methyl sites for hydroxylation is 1. The van der Waals surface area contributed by atoms with Crippen LogP contribution in [0.1, 0.15) is 17.0 Å². The highest BCUT2D eigenvalue weighted by Crippen LogP contribution is 2.27. The molecule has 0 saturated heterocycles. The Bertz CT molecular complexity index is 354. The molecule has 0 saturated carbocycles. The lowest BCUT2D eigenvalue weighted by molar-refractivity contribution is -0.108. The number of rotatable bonds is 3. The maximum Gasteiger partial charge on any atom is 0.129 e. The van der Waals surface area contributed by atoms with Crippen LogP contribution >= 0.6 is 11.6 Å². The first-order valence-corrected chi connectivity index (χ1v) is 4.71. The molecule has 0 spiro atoms. The Hall–Kier alpha value is -1.09. The molecule has 1 aromatic carbocycles. The number of carbonyl (C=O) groups is 1. The van der Waals surface area contributed by atoms with Crippen LogP contribution in [0.3, 0.4) is 0 Å². The average molecular weight is 216 g/mol. The molecule has 0 aliphatic heterocycles. The van der Waals surface area contributed by atoms with Gasteiger partial charge >= 0.3 is 0 Å². The highest BCUT2D eigenvalue weighted by atomic mass is 35.5. The molecular weight excluding hydrogens is 205 g/mol. The van der Waals surface area contributed by atoms with Gasteiger partial charge in [-0.25, -0.2) is 4.39 Å². The Morgan fingerprint density at radius 3 is 2.79 bits per heavy atom. The fourth-order valence-corrected chi connectivity index (χ4v) is 1.50. The van der Waals surface area contributed by atoms with Gasteiger partial charge < -0.3 is 10.5 Å². The molecule has 4 heteroatoms. The number of nitrogens with two attached hydrogens (primary N) is 1. The summed E-state index contributed by atoms with van der Waals surface area (Å²) in [5.74, 6) is -1.11. The van der Waals surface area contributed by atoms with Crippen molar-refractivity contribution in [2.75, 3.05) is 11.6 Å². The summed E-state index contributed by atoms with van der Waals surface area (Å²) < 4.78 is 13.4. The average Bonchev–Trinajstić information content (AvgIpc) is 2.19. The van der Waals surface area contributed by atoms with Crippen molar-refractivity contribution in [3.63, 3.8) is 0 Å². The Morgan fingerprint density at radius 1 is 1.64 bits per heavy atom. The third kappa shape index (κ3) is 1.87. The van der Waals surface area contributed by atoms with E-state index in [1.165, 1.54) is 6.07 Å². The second-order valence-corrected chi connectivity index (χ2v) is 3.40. The summed E-state index contributed by atoms with van der Waals surface area (Å²) in [6.45, 7) is 1.76. The fourth-order valence-electron chi connectivity index (χ4n) is 1.28. The Balaban J connectivity index is 3.30. The molecule has 0 amide bonds. The second-order valence-electron chi connectivity index (χ2n) is 3.09. The minimum Gasteiger partial charge on any atom is -0.398 e. The predicted molar refractivity (Wildman–Crippen MR) is 55.1 cm³/mol. The quantitative estimate of drug-likeness (QED) is 0.477. The van der Waals surface area contributed by atoms with E-state index in [2.05, 4.69) is 0 Å². The Kier molecular flexibility index (Phi) is 3.47. The molecule has 0 radical (unpaired) electrons. The molecule has 76 valence electrons. The van der Waals surface area contributed by atoms with Gasteiger partial charge in [0.2, 0.25) is 0 Å². The van der Waals surface area contributed by atoms with Crippen LogP contribution in [-0.2, 0) is 4.79 Å². The van der Waals surface area contributed by atoms with Gasteiger partial charge in [0.15, 0.2) is 0 Å². The normalized spacial score (nSPS) is 12.5. The van der Waals surface area contributed by atoms with E-state index < -0.39 is 11.7 Å². The molecule has 0 bridgehead atoms. The minimum atomic E-state index is -0.670. The van der Waals surface area contributed by atoms with Crippen LogP contribution in [-0.4, -0.2) is 12.2 Å². The zero-order valence-electron chi connectivity index (χ0n) is 7.76.